The van der Waals surface area contributed by atoms with Gasteiger partial charge in [0.05, 0.1) is 31.6 Å². The maximum atomic E-state index is 13.1. The van der Waals surface area contributed by atoms with Crippen LogP contribution in [0, 0.1) is 0 Å². The Morgan fingerprint density at radius 2 is 1.43 bits per heavy atom. The first-order valence-electron chi connectivity index (χ1n) is 8.69. The van der Waals surface area contributed by atoms with Gasteiger partial charge in [0.15, 0.2) is 0 Å². The highest BCUT2D eigenvalue weighted by molar-refractivity contribution is 7.88. The molecule has 0 bridgehead atoms. The highest BCUT2D eigenvalue weighted by Crippen LogP contribution is 2.25. The van der Waals surface area contributed by atoms with E-state index in [0.717, 1.165) is 10.6 Å². The summed E-state index contributed by atoms with van der Waals surface area (Å²) >= 11 is 0. The molecule has 0 fully saturated rings. The SMILES string of the molecule is COC(=O)c1cc(NC(=O)[C@H](c2ccccc2)N(C)S(C)(=O)=O)cc(C(=O)OC)c1. The summed E-state index contributed by atoms with van der Waals surface area (Å²) in [4.78, 5) is 36.9. The number of sulfonamides is 1. The van der Waals surface area contributed by atoms with Crippen LogP contribution in [0.5, 0.6) is 0 Å². The molecule has 160 valence electrons. The van der Waals surface area contributed by atoms with Crippen LogP contribution in [0.3, 0.4) is 0 Å². The van der Waals surface area contributed by atoms with Gasteiger partial charge in [-0.3, -0.25) is 4.79 Å². The monoisotopic (exact) mass is 434 g/mol. The second-order valence-corrected chi connectivity index (χ2v) is 8.41. The van der Waals surface area contributed by atoms with Crippen molar-refractivity contribution in [3.8, 4) is 0 Å². The molecule has 0 aliphatic heterocycles. The molecule has 1 N–H and O–H groups in total. The number of anilines is 1. The Labute approximate surface area is 174 Å². The van der Waals surface area contributed by atoms with E-state index in [4.69, 9.17) is 0 Å². The first-order valence-corrected chi connectivity index (χ1v) is 10.5. The number of carbonyl (C=O) groups excluding carboxylic acids is 3. The van der Waals surface area contributed by atoms with E-state index in [-0.39, 0.29) is 16.8 Å². The van der Waals surface area contributed by atoms with Gasteiger partial charge >= 0.3 is 11.9 Å². The molecule has 9 nitrogen and oxygen atoms in total. The average Bonchev–Trinajstić information content (AvgIpc) is 2.72. The smallest absolute Gasteiger partial charge is 0.337 e. The summed E-state index contributed by atoms with van der Waals surface area (Å²) in [5, 5.41) is 2.57. The summed E-state index contributed by atoms with van der Waals surface area (Å²) in [7, 11) is -0.0684. The Morgan fingerprint density at radius 3 is 1.87 bits per heavy atom. The fourth-order valence-electron chi connectivity index (χ4n) is 2.74. The van der Waals surface area contributed by atoms with Crippen LogP contribution < -0.4 is 5.32 Å². The quantitative estimate of drug-likeness (QED) is 0.660. The zero-order valence-corrected chi connectivity index (χ0v) is 17.7. The highest BCUT2D eigenvalue weighted by Gasteiger charge is 2.31. The van der Waals surface area contributed by atoms with Gasteiger partial charge < -0.3 is 14.8 Å². The molecule has 2 aromatic rings. The van der Waals surface area contributed by atoms with E-state index in [1.807, 2.05) is 0 Å². The molecule has 0 radical (unpaired) electrons. The van der Waals surface area contributed by atoms with Crippen LogP contribution in [0.1, 0.15) is 32.3 Å². The van der Waals surface area contributed by atoms with Crippen LogP contribution >= 0.6 is 0 Å². The molecule has 10 heteroatoms. The van der Waals surface area contributed by atoms with Gasteiger partial charge in [-0.2, -0.15) is 4.31 Å². The maximum Gasteiger partial charge on any atom is 0.337 e. The molecule has 30 heavy (non-hydrogen) atoms. The minimum absolute atomic E-state index is 0.0171. The fourth-order valence-corrected chi connectivity index (χ4v) is 3.34. The average molecular weight is 434 g/mol. The first-order chi connectivity index (χ1) is 14.1. The van der Waals surface area contributed by atoms with Crippen molar-refractivity contribution in [2.45, 2.75) is 6.04 Å². The van der Waals surface area contributed by atoms with Gasteiger partial charge in [0.2, 0.25) is 15.9 Å². The predicted molar refractivity (Wildman–Crippen MR) is 110 cm³/mol. The van der Waals surface area contributed by atoms with Crippen molar-refractivity contribution < 1.29 is 32.3 Å². The number of nitrogens with one attached hydrogen (secondary N) is 1. The topological polar surface area (TPSA) is 119 Å². The van der Waals surface area contributed by atoms with E-state index in [0.29, 0.717) is 5.56 Å². The number of benzene rings is 2. The van der Waals surface area contributed by atoms with Crippen LogP contribution in [0.4, 0.5) is 5.69 Å². The summed E-state index contributed by atoms with van der Waals surface area (Å²) in [6.45, 7) is 0. The lowest BCUT2D eigenvalue weighted by atomic mass is 10.1. The number of methoxy groups -OCH3 is 2. The summed E-state index contributed by atoms with van der Waals surface area (Å²) in [6.07, 6.45) is 0.990. The number of hydrogen-bond donors (Lipinski definition) is 1. The second-order valence-electron chi connectivity index (χ2n) is 6.36. The second kappa shape index (κ2) is 9.51. The third kappa shape index (κ3) is 5.43. The zero-order chi connectivity index (χ0) is 22.5. The number of carbonyl (C=O) groups is 3. The van der Waals surface area contributed by atoms with Crippen LogP contribution in [-0.2, 0) is 24.3 Å². The molecule has 0 saturated heterocycles. The molecule has 2 aromatic carbocycles. The Balaban J connectivity index is 2.48. The Morgan fingerprint density at radius 1 is 0.933 bits per heavy atom. The fraction of sp³-hybridized carbons (Fsp3) is 0.250. The summed E-state index contributed by atoms with van der Waals surface area (Å²) in [5.74, 6) is -2.11. The third-order valence-corrected chi connectivity index (χ3v) is 5.55. The molecule has 1 atom stereocenters. The normalized spacial score (nSPS) is 12.2. The number of likely N-dealkylation sites (N-methyl/N-ethyl adjacent to an activating group) is 1. The molecule has 0 heterocycles. The number of rotatable bonds is 7. The van der Waals surface area contributed by atoms with Crippen molar-refractivity contribution in [2.24, 2.45) is 0 Å². The van der Waals surface area contributed by atoms with E-state index >= 15 is 0 Å². The Kier molecular flexibility index (Phi) is 7.30. The van der Waals surface area contributed by atoms with Gasteiger partial charge in [0.1, 0.15) is 6.04 Å². The minimum atomic E-state index is -3.71. The van der Waals surface area contributed by atoms with Crippen LogP contribution in [0.2, 0.25) is 0 Å². The zero-order valence-electron chi connectivity index (χ0n) is 16.9. The summed E-state index contributed by atoms with van der Waals surface area (Å²) < 4.78 is 34.5. The Bertz CT molecular complexity index is 1020. The standard InChI is InChI=1S/C20H22N2O7S/c1-22(30(4,26)27)17(13-8-6-5-7-9-13)18(23)21-16-11-14(19(24)28-2)10-15(12-16)20(25)29-3/h5-12,17H,1-4H3,(H,21,23)/t17-/m0/s1. The van der Waals surface area contributed by atoms with Crippen molar-refractivity contribution in [1.82, 2.24) is 4.31 Å². The lowest BCUT2D eigenvalue weighted by molar-refractivity contribution is -0.119. The molecule has 0 aliphatic carbocycles. The van der Waals surface area contributed by atoms with Crippen molar-refractivity contribution in [3.05, 3.63) is 65.2 Å². The van der Waals surface area contributed by atoms with Crippen molar-refractivity contribution >= 4 is 33.6 Å². The summed E-state index contributed by atoms with van der Waals surface area (Å²) in [6, 6.07) is 11.1. The lowest BCUT2D eigenvalue weighted by Crippen LogP contribution is -2.38. The van der Waals surface area contributed by atoms with E-state index in [9.17, 15) is 22.8 Å². The Hall–Kier alpha value is -3.24. The molecule has 0 spiro atoms. The van der Waals surface area contributed by atoms with Crippen molar-refractivity contribution in [3.63, 3.8) is 0 Å². The van der Waals surface area contributed by atoms with Gasteiger partial charge in [-0.25, -0.2) is 18.0 Å². The van der Waals surface area contributed by atoms with Crippen LogP contribution in [0.15, 0.2) is 48.5 Å². The molecular formula is C20H22N2O7S. The van der Waals surface area contributed by atoms with Crippen molar-refractivity contribution in [2.75, 3.05) is 32.8 Å². The number of nitrogens with zero attached hydrogens (tertiary/aromatic N) is 1. The maximum absolute atomic E-state index is 13.1. The molecule has 0 saturated carbocycles. The molecule has 0 aromatic heterocycles. The van der Waals surface area contributed by atoms with E-state index in [2.05, 4.69) is 14.8 Å². The molecule has 1 amide bonds. The van der Waals surface area contributed by atoms with E-state index < -0.39 is 33.9 Å². The molecule has 2 rings (SSSR count). The predicted octanol–water partition coefficient (Wildman–Crippen LogP) is 1.83. The van der Waals surface area contributed by atoms with E-state index in [1.165, 1.54) is 39.5 Å². The number of esters is 2. The van der Waals surface area contributed by atoms with Gasteiger partial charge in [-0.1, -0.05) is 30.3 Å². The van der Waals surface area contributed by atoms with Gasteiger partial charge in [0, 0.05) is 12.7 Å². The van der Waals surface area contributed by atoms with Crippen molar-refractivity contribution in [1.29, 1.82) is 0 Å². The first kappa shape index (κ1) is 23.0. The van der Waals surface area contributed by atoms with Gasteiger partial charge in [-0.05, 0) is 23.8 Å². The lowest BCUT2D eigenvalue weighted by Gasteiger charge is -2.25. The summed E-state index contributed by atoms with van der Waals surface area (Å²) in [5.41, 5.74) is 0.582. The van der Waals surface area contributed by atoms with Crippen LogP contribution in [0.25, 0.3) is 0 Å². The van der Waals surface area contributed by atoms with Gasteiger partial charge in [0.25, 0.3) is 0 Å². The van der Waals surface area contributed by atoms with Crippen LogP contribution in [-0.4, -0.2) is 58.1 Å². The molecular weight excluding hydrogens is 412 g/mol. The van der Waals surface area contributed by atoms with Gasteiger partial charge in [-0.15, -0.1) is 0 Å². The largest absolute Gasteiger partial charge is 0.465 e. The number of hydrogen-bond acceptors (Lipinski definition) is 7. The molecule has 0 unspecified atom stereocenters. The van der Waals surface area contributed by atoms with E-state index in [1.54, 1.807) is 30.3 Å². The number of amides is 1. The number of ether oxygens (including phenoxy) is 2. The third-order valence-electron chi connectivity index (χ3n) is 4.29. The highest BCUT2D eigenvalue weighted by atomic mass is 32.2. The minimum Gasteiger partial charge on any atom is -0.465 e. The molecule has 0 aliphatic rings.